The van der Waals surface area contributed by atoms with Crippen molar-refractivity contribution in [3.63, 3.8) is 0 Å². The van der Waals surface area contributed by atoms with Gasteiger partial charge in [0.2, 0.25) is 11.9 Å². The summed E-state index contributed by atoms with van der Waals surface area (Å²) in [6.07, 6.45) is 0. The van der Waals surface area contributed by atoms with Crippen molar-refractivity contribution >= 4 is 23.2 Å². The predicted molar refractivity (Wildman–Crippen MR) is 70.6 cm³/mol. The standard InChI is InChI=1S/C10H14N6OS/c1-6-4-18-5-7(6)3-12-8-13-9(16-11)15-10(14-8)17-2/h4-5H,3,11H2,1-2H3,(H2,12,13,14,15,16). The second kappa shape index (κ2) is 5.61. The van der Waals surface area contributed by atoms with Gasteiger partial charge in [-0.2, -0.15) is 26.3 Å². The molecule has 2 heterocycles. The third-order valence-electron chi connectivity index (χ3n) is 2.33. The van der Waals surface area contributed by atoms with Crippen molar-refractivity contribution in [1.82, 2.24) is 15.0 Å². The van der Waals surface area contributed by atoms with Crippen LogP contribution in [0.4, 0.5) is 11.9 Å². The van der Waals surface area contributed by atoms with Crippen LogP contribution in [0.15, 0.2) is 10.8 Å². The third kappa shape index (κ3) is 2.84. The van der Waals surface area contributed by atoms with Crippen LogP contribution in [0.2, 0.25) is 0 Å². The molecule has 0 amide bonds. The lowest BCUT2D eigenvalue weighted by atomic mass is 10.2. The van der Waals surface area contributed by atoms with Gasteiger partial charge in [-0.15, -0.1) is 0 Å². The average Bonchev–Trinajstić information content (AvgIpc) is 2.81. The number of aryl methyl sites for hydroxylation is 1. The summed E-state index contributed by atoms with van der Waals surface area (Å²) in [6.45, 7) is 2.71. The lowest BCUT2D eigenvalue weighted by molar-refractivity contribution is 0.379. The number of nitrogens with two attached hydrogens (primary N) is 1. The summed E-state index contributed by atoms with van der Waals surface area (Å²) in [5.41, 5.74) is 4.82. The van der Waals surface area contributed by atoms with E-state index in [4.69, 9.17) is 10.6 Å². The van der Waals surface area contributed by atoms with Crippen LogP contribution in [0.25, 0.3) is 0 Å². The van der Waals surface area contributed by atoms with E-state index in [1.165, 1.54) is 18.2 Å². The Balaban J connectivity index is 2.11. The number of nitrogens with zero attached hydrogens (tertiary/aromatic N) is 3. The molecule has 96 valence electrons. The van der Waals surface area contributed by atoms with Gasteiger partial charge in [0.1, 0.15) is 0 Å². The zero-order chi connectivity index (χ0) is 13.0. The minimum Gasteiger partial charge on any atom is -0.467 e. The third-order valence-corrected chi connectivity index (χ3v) is 3.24. The summed E-state index contributed by atoms with van der Waals surface area (Å²) >= 11 is 1.67. The Morgan fingerprint density at radius 3 is 2.67 bits per heavy atom. The molecule has 0 bridgehead atoms. The Hall–Kier alpha value is -1.93. The van der Waals surface area contributed by atoms with Crippen LogP contribution in [0.5, 0.6) is 6.01 Å². The van der Waals surface area contributed by atoms with E-state index in [2.05, 4.69) is 43.4 Å². The number of nitrogen functional groups attached to an aromatic ring is 1. The molecule has 0 unspecified atom stereocenters. The van der Waals surface area contributed by atoms with Gasteiger partial charge in [-0.3, -0.25) is 5.43 Å². The van der Waals surface area contributed by atoms with Gasteiger partial charge in [0.25, 0.3) is 0 Å². The first-order chi connectivity index (χ1) is 8.72. The van der Waals surface area contributed by atoms with Crippen LogP contribution in [0.3, 0.4) is 0 Å². The molecule has 0 aliphatic carbocycles. The summed E-state index contributed by atoms with van der Waals surface area (Å²) in [5, 5.41) is 7.29. The zero-order valence-corrected chi connectivity index (χ0v) is 10.9. The molecule has 0 atom stereocenters. The van der Waals surface area contributed by atoms with E-state index in [0.29, 0.717) is 12.5 Å². The molecule has 2 aromatic heterocycles. The molecule has 0 spiro atoms. The SMILES string of the molecule is COc1nc(NN)nc(NCc2cscc2C)n1. The molecule has 0 aliphatic heterocycles. The first kappa shape index (κ1) is 12.5. The summed E-state index contributed by atoms with van der Waals surface area (Å²) in [7, 11) is 1.49. The van der Waals surface area contributed by atoms with Crippen molar-refractivity contribution in [1.29, 1.82) is 0 Å². The molecular weight excluding hydrogens is 252 g/mol. The van der Waals surface area contributed by atoms with Crippen LogP contribution in [-0.2, 0) is 6.54 Å². The van der Waals surface area contributed by atoms with Crippen LogP contribution in [-0.4, -0.2) is 22.1 Å². The van der Waals surface area contributed by atoms with Crippen molar-refractivity contribution in [3.05, 3.63) is 21.9 Å². The van der Waals surface area contributed by atoms with E-state index in [9.17, 15) is 0 Å². The molecule has 18 heavy (non-hydrogen) atoms. The highest BCUT2D eigenvalue weighted by Gasteiger charge is 2.06. The molecule has 0 aliphatic rings. The van der Waals surface area contributed by atoms with Crippen molar-refractivity contribution in [2.24, 2.45) is 5.84 Å². The van der Waals surface area contributed by atoms with Crippen molar-refractivity contribution < 1.29 is 4.74 Å². The van der Waals surface area contributed by atoms with Crippen LogP contribution < -0.4 is 21.3 Å². The summed E-state index contributed by atoms with van der Waals surface area (Å²) < 4.78 is 4.96. The topological polar surface area (TPSA) is 98.0 Å². The molecule has 2 rings (SSSR count). The predicted octanol–water partition coefficient (Wildman–Crippen LogP) is 1.15. The molecule has 2 aromatic rings. The van der Waals surface area contributed by atoms with Gasteiger partial charge in [0, 0.05) is 6.54 Å². The number of anilines is 2. The summed E-state index contributed by atoms with van der Waals surface area (Å²) in [4.78, 5) is 12.1. The number of rotatable bonds is 5. The van der Waals surface area contributed by atoms with Crippen LogP contribution >= 0.6 is 11.3 Å². The fraction of sp³-hybridized carbons (Fsp3) is 0.300. The van der Waals surface area contributed by atoms with Crippen molar-refractivity contribution in [2.45, 2.75) is 13.5 Å². The van der Waals surface area contributed by atoms with Gasteiger partial charge in [0.15, 0.2) is 0 Å². The molecule has 4 N–H and O–H groups in total. The maximum atomic E-state index is 5.27. The second-order valence-corrected chi connectivity index (χ2v) is 4.29. The number of hydrogen-bond donors (Lipinski definition) is 3. The quantitative estimate of drug-likeness (QED) is 0.551. The first-order valence-corrected chi connectivity index (χ1v) is 6.19. The number of ether oxygens (including phenoxy) is 1. The Kier molecular flexibility index (Phi) is 3.90. The lowest BCUT2D eigenvalue weighted by Gasteiger charge is -2.07. The number of methoxy groups -OCH3 is 1. The number of aromatic nitrogens is 3. The molecule has 0 saturated carbocycles. The lowest BCUT2D eigenvalue weighted by Crippen LogP contribution is -2.14. The highest BCUT2D eigenvalue weighted by atomic mass is 32.1. The maximum absolute atomic E-state index is 5.27. The van der Waals surface area contributed by atoms with Crippen molar-refractivity contribution in [2.75, 3.05) is 17.9 Å². The fourth-order valence-electron chi connectivity index (χ4n) is 1.33. The molecule has 0 radical (unpaired) electrons. The Morgan fingerprint density at radius 1 is 1.28 bits per heavy atom. The number of hydrazine groups is 1. The van der Waals surface area contributed by atoms with Crippen LogP contribution in [0.1, 0.15) is 11.1 Å². The van der Waals surface area contributed by atoms with E-state index >= 15 is 0 Å². The Labute approximate surface area is 108 Å². The van der Waals surface area contributed by atoms with Gasteiger partial charge in [-0.05, 0) is 28.8 Å². The molecule has 0 aromatic carbocycles. The van der Waals surface area contributed by atoms with Gasteiger partial charge >= 0.3 is 6.01 Å². The molecule has 0 fully saturated rings. The van der Waals surface area contributed by atoms with E-state index in [1.54, 1.807) is 11.3 Å². The van der Waals surface area contributed by atoms with E-state index in [-0.39, 0.29) is 12.0 Å². The Bertz CT molecular complexity index is 507. The second-order valence-electron chi connectivity index (χ2n) is 3.55. The number of thiophene rings is 1. The largest absolute Gasteiger partial charge is 0.467 e. The van der Waals surface area contributed by atoms with Crippen molar-refractivity contribution in [3.8, 4) is 6.01 Å². The normalized spacial score (nSPS) is 10.2. The average molecular weight is 266 g/mol. The van der Waals surface area contributed by atoms with E-state index < -0.39 is 0 Å². The van der Waals surface area contributed by atoms with Gasteiger partial charge in [-0.25, -0.2) is 5.84 Å². The molecular formula is C10H14N6OS. The maximum Gasteiger partial charge on any atom is 0.322 e. The number of hydrogen-bond acceptors (Lipinski definition) is 8. The van der Waals surface area contributed by atoms with Gasteiger partial charge < -0.3 is 10.1 Å². The zero-order valence-electron chi connectivity index (χ0n) is 10.1. The van der Waals surface area contributed by atoms with E-state index in [1.807, 2.05) is 0 Å². The monoisotopic (exact) mass is 266 g/mol. The summed E-state index contributed by atoms with van der Waals surface area (Å²) in [6, 6.07) is 0.211. The highest BCUT2D eigenvalue weighted by molar-refractivity contribution is 7.08. The van der Waals surface area contributed by atoms with E-state index in [0.717, 1.165) is 0 Å². The minimum atomic E-state index is 0.211. The Morgan fingerprint density at radius 2 is 2.06 bits per heavy atom. The van der Waals surface area contributed by atoms with Gasteiger partial charge in [0.05, 0.1) is 7.11 Å². The fourth-order valence-corrected chi connectivity index (χ4v) is 2.19. The first-order valence-electron chi connectivity index (χ1n) is 5.25. The highest BCUT2D eigenvalue weighted by Crippen LogP contribution is 2.16. The molecule has 0 saturated heterocycles. The summed E-state index contributed by atoms with van der Waals surface area (Å²) in [5.74, 6) is 5.95. The molecule has 7 nitrogen and oxygen atoms in total. The van der Waals surface area contributed by atoms with Gasteiger partial charge in [-0.1, -0.05) is 0 Å². The minimum absolute atomic E-state index is 0.211. The smallest absolute Gasteiger partial charge is 0.322 e. The number of nitrogens with one attached hydrogen (secondary N) is 2. The van der Waals surface area contributed by atoms with Crippen LogP contribution in [0, 0.1) is 6.92 Å². The molecule has 8 heteroatoms.